The summed E-state index contributed by atoms with van der Waals surface area (Å²) >= 11 is 0. The first-order valence-corrected chi connectivity index (χ1v) is 13.5. The number of piperidine rings is 1. The largest absolute Gasteiger partial charge is 0.334 e. The molecule has 1 saturated heterocycles. The molecule has 10 heteroatoms. The number of carbonyl (C=O) groups excluding carboxylic acids is 2. The molecule has 2 aliphatic rings. The third kappa shape index (κ3) is 6.43. The van der Waals surface area contributed by atoms with Crippen molar-refractivity contribution < 1.29 is 22.4 Å². The molecule has 4 rings (SSSR count). The number of nitrogens with zero attached hydrogens (tertiary/aromatic N) is 2. The van der Waals surface area contributed by atoms with Crippen molar-refractivity contribution >= 4 is 27.5 Å². The molecular formula is C25H31FN4O4S. The highest BCUT2D eigenvalue weighted by Crippen LogP contribution is 2.32. The number of anilines is 1. The normalized spacial score (nSPS) is 21.9. The van der Waals surface area contributed by atoms with Crippen molar-refractivity contribution in [1.82, 2.24) is 14.6 Å². The zero-order valence-electron chi connectivity index (χ0n) is 19.5. The quantitative estimate of drug-likeness (QED) is 0.597. The summed E-state index contributed by atoms with van der Waals surface area (Å²) in [4.78, 5) is 29.1. The van der Waals surface area contributed by atoms with Crippen molar-refractivity contribution in [2.45, 2.75) is 56.1 Å². The summed E-state index contributed by atoms with van der Waals surface area (Å²) in [6, 6.07) is 9.27. The Kier molecular flexibility index (Phi) is 8.12. The lowest BCUT2D eigenvalue weighted by atomic mass is 9.78. The maximum absolute atomic E-state index is 13.4. The van der Waals surface area contributed by atoms with Crippen LogP contribution in [0.25, 0.3) is 0 Å². The van der Waals surface area contributed by atoms with E-state index in [2.05, 4.69) is 15.6 Å². The monoisotopic (exact) mass is 502 g/mol. The van der Waals surface area contributed by atoms with Crippen LogP contribution >= 0.6 is 0 Å². The third-order valence-electron chi connectivity index (χ3n) is 6.84. The molecule has 0 radical (unpaired) electrons. The van der Waals surface area contributed by atoms with Crippen LogP contribution in [0.3, 0.4) is 0 Å². The number of pyridine rings is 1. The van der Waals surface area contributed by atoms with Crippen LogP contribution < -0.4 is 10.6 Å². The number of benzene rings is 1. The molecule has 35 heavy (non-hydrogen) atoms. The molecular weight excluding hydrogens is 471 g/mol. The van der Waals surface area contributed by atoms with E-state index in [1.165, 1.54) is 16.4 Å². The molecule has 1 aliphatic heterocycles. The van der Waals surface area contributed by atoms with E-state index in [9.17, 15) is 22.4 Å². The van der Waals surface area contributed by atoms with Crippen molar-refractivity contribution in [3.05, 3.63) is 54.4 Å². The zero-order chi connectivity index (χ0) is 24.8. The molecule has 1 saturated carbocycles. The fraction of sp³-hybridized carbons (Fsp3) is 0.480. The van der Waals surface area contributed by atoms with Gasteiger partial charge in [-0.25, -0.2) is 17.6 Å². The van der Waals surface area contributed by atoms with Crippen molar-refractivity contribution in [2.24, 2.45) is 11.8 Å². The number of Topliss-reactive ketones (excluding diaryl/α,β-unsaturated/α-hetero) is 1. The average molecular weight is 503 g/mol. The van der Waals surface area contributed by atoms with E-state index in [0.717, 1.165) is 5.56 Å². The summed E-state index contributed by atoms with van der Waals surface area (Å²) in [5.74, 6) is -0.0673. The number of aromatic nitrogens is 1. The van der Waals surface area contributed by atoms with E-state index in [-0.39, 0.29) is 35.6 Å². The number of sulfonamides is 1. The first-order valence-electron chi connectivity index (χ1n) is 12.0. The van der Waals surface area contributed by atoms with Gasteiger partial charge in [0.15, 0.2) is 0 Å². The maximum Gasteiger partial charge on any atom is 0.319 e. The van der Waals surface area contributed by atoms with Crippen LogP contribution in [0.4, 0.5) is 14.9 Å². The lowest BCUT2D eigenvalue weighted by molar-refractivity contribution is -0.129. The molecule has 0 unspecified atom stereocenters. The van der Waals surface area contributed by atoms with Gasteiger partial charge in [-0.05, 0) is 74.4 Å². The van der Waals surface area contributed by atoms with Gasteiger partial charge in [0.05, 0.1) is 4.90 Å². The highest BCUT2D eigenvalue weighted by Gasteiger charge is 2.35. The van der Waals surface area contributed by atoms with Crippen LogP contribution in [0.15, 0.2) is 53.7 Å². The van der Waals surface area contributed by atoms with Gasteiger partial charge in [-0.1, -0.05) is 6.07 Å². The van der Waals surface area contributed by atoms with Crippen LogP contribution in [0.2, 0.25) is 0 Å². The Hall–Kier alpha value is -2.85. The number of nitrogens with one attached hydrogen (secondary N) is 2. The standard InChI is InChI=1S/C25H31FN4O4S/c26-21-5-3-19(4-6-21)24(31)20-11-14-30(15-12-20)35(33,34)23-9-7-22(8-10-23)29-25(32)28-17-18-2-1-13-27-16-18/h1-2,7-10,13,16,19-21H,3-6,11-12,14-15,17H2,(H2,28,29,32). The highest BCUT2D eigenvalue weighted by atomic mass is 32.2. The number of carbonyl (C=O) groups is 2. The lowest BCUT2D eigenvalue weighted by Crippen LogP contribution is -2.41. The Labute approximate surface area is 205 Å². The molecule has 1 aromatic carbocycles. The number of alkyl halides is 1. The van der Waals surface area contributed by atoms with Crippen molar-refractivity contribution in [2.75, 3.05) is 18.4 Å². The molecule has 8 nitrogen and oxygen atoms in total. The van der Waals surface area contributed by atoms with E-state index < -0.39 is 22.2 Å². The fourth-order valence-electron chi connectivity index (χ4n) is 4.77. The Morgan fingerprint density at radius 2 is 1.63 bits per heavy atom. The van der Waals surface area contributed by atoms with Gasteiger partial charge in [0, 0.05) is 49.6 Å². The van der Waals surface area contributed by atoms with Crippen LogP contribution in [-0.2, 0) is 21.4 Å². The summed E-state index contributed by atoms with van der Waals surface area (Å²) in [5.41, 5.74) is 1.33. The van der Waals surface area contributed by atoms with E-state index >= 15 is 0 Å². The second-order valence-corrected chi connectivity index (χ2v) is 11.2. The molecule has 2 N–H and O–H groups in total. The summed E-state index contributed by atoms with van der Waals surface area (Å²) in [6.45, 7) is 0.892. The zero-order valence-corrected chi connectivity index (χ0v) is 20.3. The molecule has 0 bridgehead atoms. The van der Waals surface area contributed by atoms with E-state index in [1.54, 1.807) is 30.6 Å². The summed E-state index contributed by atoms with van der Waals surface area (Å²) < 4.78 is 41.0. The Balaban J connectivity index is 1.28. The van der Waals surface area contributed by atoms with Crippen LogP contribution in [0, 0.1) is 11.8 Å². The van der Waals surface area contributed by atoms with Crippen molar-refractivity contribution in [1.29, 1.82) is 0 Å². The highest BCUT2D eigenvalue weighted by molar-refractivity contribution is 7.89. The first kappa shape index (κ1) is 25.2. The molecule has 2 aromatic rings. The molecule has 0 atom stereocenters. The van der Waals surface area contributed by atoms with Gasteiger partial charge in [-0.15, -0.1) is 0 Å². The molecule has 2 heterocycles. The second kappa shape index (κ2) is 11.3. The number of rotatable bonds is 7. The van der Waals surface area contributed by atoms with E-state index in [0.29, 0.717) is 50.8 Å². The van der Waals surface area contributed by atoms with Gasteiger partial charge < -0.3 is 10.6 Å². The number of ketones is 1. The number of urea groups is 1. The van der Waals surface area contributed by atoms with Gasteiger partial charge in [-0.2, -0.15) is 4.31 Å². The van der Waals surface area contributed by atoms with Gasteiger partial charge >= 0.3 is 6.03 Å². The van der Waals surface area contributed by atoms with Gasteiger partial charge in [0.2, 0.25) is 10.0 Å². The fourth-order valence-corrected chi connectivity index (χ4v) is 6.24. The van der Waals surface area contributed by atoms with Crippen LogP contribution in [0.1, 0.15) is 44.1 Å². The van der Waals surface area contributed by atoms with E-state index in [1.807, 2.05) is 6.07 Å². The van der Waals surface area contributed by atoms with Gasteiger partial charge in [0.25, 0.3) is 0 Å². The molecule has 1 aliphatic carbocycles. The number of hydrogen-bond donors (Lipinski definition) is 2. The Bertz CT molecular complexity index is 1110. The number of amides is 2. The van der Waals surface area contributed by atoms with Gasteiger partial charge in [0.1, 0.15) is 12.0 Å². The minimum absolute atomic E-state index is 0.0863. The minimum atomic E-state index is -3.70. The minimum Gasteiger partial charge on any atom is -0.334 e. The summed E-state index contributed by atoms with van der Waals surface area (Å²) in [7, 11) is -3.70. The first-order chi connectivity index (χ1) is 16.8. The Morgan fingerprint density at radius 1 is 0.971 bits per heavy atom. The smallest absolute Gasteiger partial charge is 0.319 e. The molecule has 188 valence electrons. The molecule has 2 amide bonds. The number of halogens is 1. The number of hydrogen-bond acceptors (Lipinski definition) is 5. The lowest BCUT2D eigenvalue weighted by Gasteiger charge is -2.33. The predicted octanol–water partition coefficient (Wildman–Crippen LogP) is 3.90. The molecule has 2 fully saturated rings. The van der Waals surface area contributed by atoms with Crippen LogP contribution in [-0.4, -0.2) is 48.8 Å². The summed E-state index contributed by atoms with van der Waals surface area (Å²) in [5, 5.41) is 5.40. The van der Waals surface area contributed by atoms with E-state index in [4.69, 9.17) is 0 Å². The maximum atomic E-state index is 13.4. The topological polar surface area (TPSA) is 108 Å². The van der Waals surface area contributed by atoms with Crippen LogP contribution in [0.5, 0.6) is 0 Å². The predicted molar refractivity (Wildman–Crippen MR) is 130 cm³/mol. The average Bonchev–Trinajstić information content (AvgIpc) is 2.88. The van der Waals surface area contributed by atoms with Gasteiger partial charge in [-0.3, -0.25) is 9.78 Å². The molecule has 0 spiro atoms. The SMILES string of the molecule is O=C(NCc1cccnc1)Nc1ccc(S(=O)(=O)N2CCC(C(=O)C3CCC(F)CC3)CC2)cc1. The Morgan fingerprint density at radius 3 is 2.26 bits per heavy atom. The van der Waals surface area contributed by atoms with Crippen molar-refractivity contribution in [3.8, 4) is 0 Å². The second-order valence-electron chi connectivity index (χ2n) is 9.22. The third-order valence-corrected chi connectivity index (χ3v) is 8.75. The summed E-state index contributed by atoms with van der Waals surface area (Å²) in [6.07, 6.45) is 5.59. The molecule has 1 aromatic heterocycles. The van der Waals surface area contributed by atoms with Crippen molar-refractivity contribution in [3.63, 3.8) is 0 Å².